The van der Waals surface area contributed by atoms with Gasteiger partial charge in [-0.3, -0.25) is 14.3 Å². The number of hydrogen-bond donors (Lipinski definition) is 2. The molecule has 10 heteroatoms. The quantitative estimate of drug-likeness (QED) is 0.319. The lowest BCUT2D eigenvalue weighted by Gasteiger charge is -2.45. The van der Waals surface area contributed by atoms with E-state index in [9.17, 15) is 15.0 Å². The molecule has 4 atom stereocenters. The predicted octanol–water partition coefficient (Wildman–Crippen LogP) is 5.98. The Labute approximate surface area is 225 Å². The summed E-state index contributed by atoms with van der Waals surface area (Å²) in [6.45, 7) is 29.6. The molecule has 1 aliphatic rings. The summed E-state index contributed by atoms with van der Waals surface area (Å²) in [6.07, 6.45) is -0.226. The average molecular weight is 554 g/mol. The number of H-pyrrole nitrogens is 1. The number of ether oxygens (including phenoxy) is 1. The first-order chi connectivity index (χ1) is 16.4. The Morgan fingerprint density at radius 3 is 2.00 bits per heavy atom. The van der Waals surface area contributed by atoms with Gasteiger partial charge in [-0.05, 0) is 43.2 Å². The molecule has 0 amide bonds. The molecule has 2 N–H and O–H groups in total. The van der Waals surface area contributed by atoms with E-state index in [1.807, 2.05) is 20.8 Å². The fraction of sp³-hybridized carbons (Fsp3) is 0.815. The largest absolute Gasteiger partial charge is 0.411 e. The summed E-state index contributed by atoms with van der Waals surface area (Å²) in [5, 5.41) is 9.12. The highest BCUT2D eigenvalue weighted by Crippen LogP contribution is 2.44. The van der Waals surface area contributed by atoms with Crippen LogP contribution in [0.1, 0.15) is 80.5 Å². The zero-order valence-corrected chi connectivity index (χ0v) is 27.6. The van der Waals surface area contributed by atoms with E-state index >= 15 is 0 Å². The third-order valence-electron chi connectivity index (χ3n) is 8.44. The van der Waals surface area contributed by atoms with Crippen LogP contribution in [0.4, 0.5) is 0 Å². The van der Waals surface area contributed by atoms with Crippen molar-refractivity contribution in [2.24, 2.45) is 5.41 Å². The van der Waals surface area contributed by atoms with E-state index in [2.05, 4.69) is 72.7 Å². The standard InChI is InChI=1S/C27H51N3O5Si2/c1-17-16-30(24(32)29-23(17)31)19-15-18(34-36(11,12)26(5,6)7)20(33-19)21(22(28)25(2,3)4)35-37(13,14)27(8,9)10/h16,18-21,28H,15H2,1-14H3,(H,29,31,32)/t18-,19+,20-,21+/m0/s1. The number of aromatic amines is 1. The number of rotatable bonds is 7. The number of hydrogen-bond acceptors (Lipinski definition) is 6. The van der Waals surface area contributed by atoms with Crippen molar-refractivity contribution in [2.75, 3.05) is 0 Å². The van der Waals surface area contributed by atoms with Crippen LogP contribution in [0.2, 0.25) is 36.3 Å². The van der Waals surface area contributed by atoms with E-state index in [1.165, 1.54) is 4.57 Å². The van der Waals surface area contributed by atoms with E-state index in [1.54, 1.807) is 13.1 Å². The van der Waals surface area contributed by atoms with Crippen LogP contribution < -0.4 is 11.2 Å². The van der Waals surface area contributed by atoms with Crippen molar-refractivity contribution in [3.05, 3.63) is 32.6 Å². The Morgan fingerprint density at radius 1 is 1.03 bits per heavy atom. The molecule has 1 aromatic rings. The van der Waals surface area contributed by atoms with Crippen molar-refractivity contribution in [1.82, 2.24) is 9.55 Å². The van der Waals surface area contributed by atoms with Crippen LogP contribution in [-0.4, -0.2) is 50.2 Å². The molecular weight excluding hydrogens is 502 g/mol. The Hall–Kier alpha value is -1.34. The highest BCUT2D eigenvalue weighted by atomic mass is 28.4. The maximum Gasteiger partial charge on any atom is 0.330 e. The molecule has 212 valence electrons. The molecule has 8 nitrogen and oxygen atoms in total. The summed E-state index contributed by atoms with van der Waals surface area (Å²) in [5.74, 6) is 0. The maximum atomic E-state index is 12.8. The highest BCUT2D eigenvalue weighted by Gasteiger charge is 2.52. The van der Waals surface area contributed by atoms with Crippen LogP contribution in [0.15, 0.2) is 15.8 Å². The number of aromatic nitrogens is 2. The maximum absolute atomic E-state index is 12.8. The monoisotopic (exact) mass is 553 g/mol. The second-order valence-corrected chi connectivity index (χ2v) is 24.2. The molecule has 2 rings (SSSR count). The van der Waals surface area contributed by atoms with E-state index in [-0.39, 0.29) is 16.2 Å². The average Bonchev–Trinajstić information content (AvgIpc) is 3.08. The van der Waals surface area contributed by atoms with Crippen LogP contribution in [-0.2, 0) is 13.6 Å². The molecule has 0 spiro atoms. The van der Waals surface area contributed by atoms with Gasteiger partial charge in [0.2, 0.25) is 0 Å². The minimum atomic E-state index is -2.31. The summed E-state index contributed by atoms with van der Waals surface area (Å²) in [5.41, 5.74) is -0.470. The van der Waals surface area contributed by atoms with Gasteiger partial charge in [-0.25, -0.2) is 4.79 Å². The zero-order chi connectivity index (χ0) is 28.9. The molecule has 0 radical (unpaired) electrons. The van der Waals surface area contributed by atoms with Gasteiger partial charge >= 0.3 is 5.69 Å². The van der Waals surface area contributed by atoms with E-state index in [0.717, 1.165) is 0 Å². The van der Waals surface area contributed by atoms with Crippen molar-refractivity contribution in [3.63, 3.8) is 0 Å². The van der Waals surface area contributed by atoms with Crippen LogP contribution in [0.25, 0.3) is 0 Å². The SMILES string of the molecule is Cc1cn([C@H]2C[C@H](O[Si](C)(C)C(C)(C)C)[C@@H]([C@@H](O[Si](C)(C)C(C)(C)C)C(=N)C(C)(C)C)O2)c(=O)[nH]c1=O. The molecule has 1 saturated heterocycles. The van der Waals surface area contributed by atoms with Gasteiger partial charge in [0.25, 0.3) is 5.56 Å². The third kappa shape index (κ3) is 7.00. The smallest absolute Gasteiger partial charge is 0.330 e. The molecule has 0 bridgehead atoms. The minimum absolute atomic E-state index is 0.0334. The van der Waals surface area contributed by atoms with Crippen molar-refractivity contribution in [3.8, 4) is 0 Å². The minimum Gasteiger partial charge on any atom is -0.411 e. The topological polar surface area (TPSA) is 106 Å². The molecule has 0 saturated carbocycles. The third-order valence-corrected chi connectivity index (χ3v) is 17.4. The molecule has 2 heterocycles. The van der Waals surface area contributed by atoms with Crippen LogP contribution >= 0.6 is 0 Å². The molecule has 1 aliphatic heterocycles. The van der Waals surface area contributed by atoms with Crippen LogP contribution in [0.3, 0.4) is 0 Å². The lowest BCUT2D eigenvalue weighted by Crippen LogP contribution is -2.56. The van der Waals surface area contributed by atoms with Crippen molar-refractivity contribution in [1.29, 1.82) is 5.41 Å². The van der Waals surface area contributed by atoms with Crippen molar-refractivity contribution in [2.45, 2.75) is 136 Å². The van der Waals surface area contributed by atoms with Gasteiger partial charge in [-0.15, -0.1) is 0 Å². The van der Waals surface area contributed by atoms with Gasteiger partial charge < -0.3 is 19.0 Å². The Balaban J connectivity index is 2.65. The van der Waals surface area contributed by atoms with E-state index in [4.69, 9.17) is 13.6 Å². The van der Waals surface area contributed by atoms with Gasteiger partial charge in [0.1, 0.15) is 18.4 Å². The number of nitrogens with zero attached hydrogens (tertiary/aromatic N) is 1. The van der Waals surface area contributed by atoms with Crippen LogP contribution in [0.5, 0.6) is 0 Å². The number of aryl methyl sites for hydroxylation is 1. The zero-order valence-electron chi connectivity index (χ0n) is 25.6. The summed E-state index contributed by atoms with van der Waals surface area (Å²) in [4.78, 5) is 27.2. The molecular formula is C27H51N3O5Si2. The highest BCUT2D eigenvalue weighted by molar-refractivity contribution is 6.74. The number of nitrogens with one attached hydrogen (secondary N) is 2. The first-order valence-corrected chi connectivity index (χ1v) is 19.1. The first kappa shape index (κ1) is 31.9. The first-order valence-electron chi connectivity index (χ1n) is 13.3. The predicted molar refractivity (Wildman–Crippen MR) is 156 cm³/mol. The van der Waals surface area contributed by atoms with Crippen molar-refractivity contribution >= 4 is 22.3 Å². The van der Waals surface area contributed by atoms with Crippen molar-refractivity contribution < 1.29 is 13.6 Å². The summed E-state index contributed by atoms with van der Waals surface area (Å²) < 4.78 is 21.9. The van der Waals surface area contributed by atoms with Gasteiger partial charge in [-0.1, -0.05) is 62.3 Å². The molecule has 0 unspecified atom stereocenters. The van der Waals surface area contributed by atoms with Gasteiger partial charge in [0.05, 0.1) is 6.10 Å². The van der Waals surface area contributed by atoms with Gasteiger partial charge in [-0.2, -0.15) is 0 Å². The second kappa shape index (κ2) is 10.3. The second-order valence-electron chi connectivity index (χ2n) is 14.6. The van der Waals surface area contributed by atoms with Gasteiger partial charge in [0.15, 0.2) is 16.6 Å². The molecule has 1 aromatic heterocycles. The molecule has 37 heavy (non-hydrogen) atoms. The van der Waals surface area contributed by atoms with Gasteiger partial charge in [0, 0.05) is 29.3 Å². The lowest BCUT2D eigenvalue weighted by atomic mass is 9.84. The fourth-order valence-corrected chi connectivity index (χ4v) is 6.37. The van der Waals surface area contributed by atoms with E-state index < -0.39 is 51.7 Å². The lowest BCUT2D eigenvalue weighted by molar-refractivity contribution is -0.0589. The Bertz CT molecular complexity index is 1100. The normalized spacial score (nSPS) is 22.8. The summed E-state index contributed by atoms with van der Waals surface area (Å²) >= 11 is 0. The molecule has 0 aromatic carbocycles. The Kier molecular flexibility index (Phi) is 8.90. The summed E-state index contributed by atoms with van der Waals surface area (Å²) in [7, 11) is -4.55. The fourth-order valence-electron chi connectivity index (χ4n) is 3.78. The van der Waals surface area contributed by atoms with E-state index in [0.29, 0.717) is 17.7 Å². The van der Waals surface area contributed by atoms with Crippen LogP contribution in [0, 0.1) is 17.7 Å². The molecule has 0 aliphatic carbocycles. The Morgan fingerprint density at radius 2 is 1.54 bits per heavy atom. The molecule has 1 fully saturated rings. The summed E-state index contributed by atoms with van der Waals surface area (Å²) in [6, 6.07) is 0.